The Bertz CT molecular complexity index is 426. The molecule has 0 aliphatic heterocycles. The first-order valence-corrected chi connectivity index (χ1v) is 5.46. The van der Waals surface area contributed by atoms with Gasteiger partial charge in [-0.25, -0.2) is 13.2 Å². The van der Waals surface area contributed by atoms with Crippen molar-refractivity contribution < 1.29 is 18.0 Å². The molecule has 94 valence electrons. The average molecular weight is 311 g/mol. The zero-order valence-corrected chi connectivity index (χ0v) is 10.2. The lowest BCUT2D eigenvalue weighted by Crippen LogP contribution is -2.41. The predicted molar refractivity (Wildman–Crippen MR) is 60.4 cm³/mol. The van der Waals surface area contributed by atoms with E-state index < -0.39 is 30.7 Å². The summed E-state index contributed by atoms with van der Waals surface area (Å²) in [4.78, 5) is 11.5. The summed E-state index contributed by atoms with van der Waals surface area (Å²) >= 11 is 2.97. The molecule has 0 unspecified atom stereocenters. The monoisotopic (exact) mass is 310 g/mol. The molecule has 1 amide bonds. The molecule has 0 fully saturated rings. The van der Waals surface area contributed by atoms with Crippen LogP contribution in [-0.2, 0) is 0 Å². The Morgan fingerprint density at radius 3 is 2.65 bits per heavy atom. The fraction of sp³-hybridized carbons (Fsp3) is 0.300. The number of alkyl halides is 2. The first-order valence-electron chi connectivity index (χ1n) is 4.67. The zero-order valence-electron chi connectivity index (χ0n) is 8.64. The molecule has 0 spiro atoms. The third kappa shape index (κ3) is 4.01. The molecule has 0 bridgehead atoms. The number of carbonyl (C=O) groups is 1. The summed E-state index contributed by atoms with van der Waals surface area (Å²) in [6.45, 7) is -1.70. The Morgan fingerprint density at radius 1 is 1.47 bits per heavy atom. The molecule has 1 rings (SSSR count). The smallest absolute Gasteiger partial charge is 0.277 e. The van der Waals surface area contributed by atoms with Crippen molar-refractivity contribution in [1.29, 1.82) is 0 Å². The Labute approximate surface area is 104 Å². The number of rotatable bonds is 4. The van der Waals surface area contributed by atoms with Gasteiger partial charge in [0.25, 0.3) is 11.8 Å². The minimum absolute atomic E-state index is 0.0826. The Balaban J connectivity index is 2.71. The van der Waals surface area contributed by atoms with E-state index in [9.17, 15) is 18.0 Å². The maximum atomic E-state index is 12.8. The van der Waals surface area contributed by atoms with Gasteiger partial charge in [-0.1, -0.05) is 0 Å². The van der Waals surface area contributed by atoms with Gasteiger partial charge in [-0.2, -0.15) is 0 Å². The van der Waals surface area contributed by atoms with Crippen LogP contribution in [0.2, 0.25) is 0 Å². The van der Waals surface area contributed by atoms with E-state index in [2.05, 4.69) is 15.9 Å². The van der Waals surface area contributed by atoms with Crippen molar-refractivity contribution in [3.63, 3.8) is 0 Å². The van der Waals surface area contributed by atoms with Crippen molar-refractivity contribution in [3.05, 3.63) is 34.1 Å². The molecular weight excluding hydrogens is 301 g/mol. The lowest BCUT2D eigenvalue weighted by Gasteiger charge is -2.14. The van der Waals surface area contributed by atoms with Crippen LogP contribution in [0.1, 0.15) is 10.4 Å². The molecule has 0 radical (unpaired) electrons. The highest BCUT2D eigenvalue weighted by Gasteiger charge is 2.27. The van der Waals surface area contributed by atoms with Crippen LogP contribution in [0.4, 0.5) is 13.2 Å². The lowest BCUT2D eigenvalue weighted by atomic mass is 10.2. The van der Waals surface area contributed by atoms with E-state index in [0.717, 1.165) is 12.1 Å². The largest absolute Gasteiger partial charge is 0.346 e. The standard InChI is InChI=1S/C10H10BrF3N2O/c11-8-3-6(12)1-2-7(8)9(17)16-5-10(13,14)4-15/h1-3H,4-5,15H2,(H,16,17). The van der Waals surface area contributed by atoms with Crippen LogP contribution >= 0.6 is 15.9 Å². The first-order chi connectivity index (χ1) is 7.85. The van der Waals surface area contributed by atoms with E-state index in [1.54, 1.807) is 0 Å². The molecule has 17 heavy (non-hydrogen) atoms. The first kappa shape index (κ1) is 14.0. The second-order valence-corrected chi connectivity index (χ2v) is 4.22. The topological polar surface area (TPSA) is 55.1 Å². The number of nitrogens with two attached hydrogens (primary N) is 1. The van der Waals surface area contributed by atoms with Crippen molar-refractivity contribution in [1.82, 2.24) is 5.32 Å². The molecule has 0 saturated heterocycles. The SMILES string of the molecule is NCC(F)(F)CNC(=O)c1ccc(F)cc1Br. The summed E-state index contributed by atoms with van der Waals surface area (Å²) in [5, 5.41) is 2.03. The number of halogens is 4. The molecule has 0 saturated carbocycles. The van der Waals surface area contributed by atoms with Gasteiger partial charge < -0.3 is 11.1 Å². The molecule has 7 heteroatoms. The van der Waals surface area contributed by atoms with Crippen LogP contribution in [0.3, 0.4) is 0 Å². The van der Waals surface area contributed by atoms with Gasteiger partial charge in [0, 0.05) is 4.47 Å². The Kier molecular flexibility index (Phi) is 4.53. The number of hydrogen-bond donors (Lipinski definition) is 2. The van der Waals surface area contributed by atoms with E-state index in [0.29, 0.717) is 0 Å². The van der Waals surface area contributed by atoms with Crippen molar-refractivity contribution in [2.75, 3.05) is 13.1 Å². The number of amides is 1. The normalized spacial score (nSPS) is 11.4. The second kappa shape index (κ2) is 5.50. The van der Waals surface area contributed by atoms with Crippen molar-refractivity contribution >= 4 is 21.8 Å². The van der Waals surface area contributed by atoms with Gasteiger partial charge in [-0.05, 0) is 34.1 Å². The van der Waals surface area contributed by atoms with Gasteiger partial charge in [0.15, 0.2) is 0 Å². The van der Waals surface area contributed by atoms with Crippen LogP contribution < -0.4 is 11.1 Å². The van der Waals surface area contributed by atoms with E-state index in [4.69, 9.17) is 5.73 Å². The maximum Gasteiger partial charge on any atom is 0.277 e. The molecule has 3 nitrogen and oxygen atoms in total. The second-order valence-electron chi connectivity index (χ2n) is 3.37. The highest BCUT2D eigenvalue weighted by molar-refractivity contribution is 9.10. The third-order valence-electron chi connectivity index (χ3n) is 1.98. The highest BCUT2D eigenvalue weighted by Crippen LogP contribution is 2.18. The summed E-state index contributed by atoms with van der Waals surface area (Å²) < 4.78 is 38.5. The van der Waals surface area contributed by atoms with Crippen LogP contribution in [0.15, 0.2) is 22.7 Å². The summed E-state index contributed by atoms with van der Waals surface area (Å²) in [7, 11) is 0. The fourth-order valence-electron chi connectivity index (χ4n) is 1.05. The van der Waals surface area contributed by atoms with Gasteiger partial charge in [0.2, 0.25) is 0 Å². The van der Waals surface area contributed by atoms with E-state index in [1.807, 2.05) is 5.32 Å². The molecule has 1 aromatic carbocycles. The van der Waals surface area contributed by atoms with Gasteiger partial charge in [0.1, 0.15) is 5.82 Å². The van der Waals surface area contributed by atoms with Gasteiger partial charge in [-0.3, -0.25) is 4.79 Å². The number of carbonyl (C=O) groups excluding carboxylic acids is 1. The molecular formula is C10H10BrF3N2O. The van der Waals surface area contributed by atoms with Gasteiger partial charge >= 0.3 is 0 Å². The Morgan fingerprint density at radius 2 is 2.12 bits per heavy atom. The summed E-state index contributed by atoms with van der Waals surface area (Å²) in [5.74, 6) is -4.40. The maximum absolute atomic E-state index is 12.8. The molecule has 0 aromatic heterocycles. The summed E-state index contributed by atoms with van der Waals surface area (Å²) in [6.07, 6.45) is 0. The van der Waals surface area contributed by atoms with E-state index in [-0.39, 0.29) is 10.0 Å². The molecule has 0 aliphatic carbocycles. The quantitative estimate of drug-likeness (QED) is 0.892. The van der Waals surface area contributed by atoms with Crippen LogP contribution in [-0.4, -0.2) is 24.9 Å². The van der Waals surface area contributed by atoms with Crippen LogP contribution in [0.5, 0.6) is 0 Å². The number of hydrogen-bond acceptors (Lipinski definition) is 2. The fourth-order valence-corrected chi connectivity index (χ4v) is 1.58. The summed E-state index contributed by atoms with van der Waals surface area (Å²) in [6, 6.07) is 3.35. The van der Waals surface area contributed by atoms with Crippen LogP contribution in [0, 0.1) is 5.82 Å². The van der Waals surface area contributed by atoms with E-state index >= 15 is 0 Å². The van der Waals surface area contributed by atoms with Crippen molar-refractivity contribution in [2.45, 2.75) is 5.92 Å². The number of nitrogens with one attached hydrogen (secondary N) is 1. The lowest BCUT2D eigenvalue weighted by molar-refractivity contribution is 0.0118. The summed E-state index contributed by atoms with van der Waals surface area (Å²) in [5.41, 5.74) is 4.90. The van der Waals surface area contributed by atoms with Gasteiger partial charge in [0.05, 0.1) is 18.7 Å². The average Bonchev–Trinajstić information content (AvgIpc) is 2.26. The molecule has 3 N–H and O–H groups in total. The zero-order chi connectivity index (χ0) is 13.1. The molecule has 0 aliphatic rings. The minimum atomic E-state index is -3.15. The van der Waals surface area contributed by atoms with E-state index in [1.165, 1.54) is 6.07 Å². The van der Waals surface area contributed by atoms with Crippen LogP contribution in [0.25, 0.3) is 0 Å². The Hall–Kier alpha value is -1.08. The minimum Gasteiger partial charge on any atom is -0.346 e. The van der Waals surface area contributed by atoms with Crippen molar-refractivity contribution in [2.24, 2.45) is 5.73 Å². The molecule has 1 aromatic rings. The molecule has 0 heterocycles. The third-order valence-corrected chi connectivity index (χ3v) is 2.64. The predicted octanol–water partition coefficient (Wildman–Crippen LogP) is 1.91. The molecule has 0 atom stereocenters. The number of benzene rings is 1. The van der Waals surface area contributed by atoms with Gasteiger partial charge in [-0.15, -0.1) is 0 Å². The highest BCUT2D eigenvalue weighted by atomic mass is 79.9. The van der Waals surface area contributed by atoms with Crippen molar-refractivity contribution in [3.8, 4) is 0 Å².